The number of nitrogens with zero attached hydrogens (tertiary/aromatic N) is 4. The molecule has 1 aliphatic heterocycles. The first-order valence-corrected chi connectivity index (χ1v) is 7.23. The Bertz CT molecular complexity index is 660. The van der Waals surface area contributed by atoms with Gasteiger partial charge in [-0.1, -0.05) is 26.0 Å². The van der Waals surface area contributed by atoms with Gasteiger partial charge in [-0.3, -0.25) is 9.97 Å². The van der Waals surface area contributed by atoms with E-state index in [4.69, 9.17) is 0 Å². The van der Waals surface area contributed by atoms with Crippen molar-refractivity contribution in [3.63, 3.8) is 0 Å². The van der Waals surface area contributed by atoms with E-state index in [9.17, 15) is 0 Å². The Labute approximate surface area is 124 Å². The van der Waals surface area contributed by atoms with Gasteiger partial charge in [0.1, 0.15) is 0 Å². The summed E-state index contributed by atoms with van der Waals surface area (Å²) in [4.78, 5) is 8.80. The lowest BCUT2D eigenvalue weighted by Crippen LogP contribution is -2.28. The molecule has 0 radical (unpaired) electrons. The molecule has 1 unspecified atom stereocenters. The highest BCUT2D eigenvalue weighted by atomic mass is 15.2. The van der Waals surface area contributed by atoms with Crippen LogP contribution in [-0.4, -0.2) is 21.4 Å². The summed E-state index contributed by atoms with van der Waals surface area (Å²) in [5, 5.41) is 8.85. The maximum absolute atomic E-state index is 4.46. The molecule has 4 nitrogen and oxygen atoms in total. The van der Waals surface area contributed by atoms with E-state index >= 15 is 0 Å². The van der Waals surface area contributed by atoms with E-state index in [0.717, 1.165) is 29.2 Å². The first kappa shape index (κ1) is 13.6. The van der Waals surface area contributed by atoms with Crippen LogP contribution in [0.15, 0.2) is 59.0 Å². The Hall–Kier alpha value is -2.36. The Kier molecular flexibility index (Phi) is 3.86. The lowest BCUT2D eigenvalue weighted by Gasteiger charge is -2.25. The van der Waals surface area contributed by atoms with Crippen LogP contribution < -0.4 is 0 Å². The maximum Gasteiger partial charge on any atom is 0.0923 e. The molecule has 3 heterocycles. The third-order valence-corrected chi connectivity index (χ3v) is 3.74. The van der Waals surface area contributed by atoms with E-state index in [1.807, 2.05) is 36.4 Å². The smallest absolute Gasteiger partial charge is 0.0923 e. The summed E-state index contributed by atoms with van der Waals surface area (Å²) >= 11 is 0. The molecule has 1 atom stereocenters. The molecule has 0 saturated carbocycles. The van der Waals surface area contributed by atoms with Crippen LogP contribution >= 0.6 is 0 Å². The van der Waals surface area contributed by atoms with Crippen molar-refractivity contribution < 1.29 is 0 Å². The van der Waals surface area contributed by atoms with Crippen LogP contribution in [-0.2, 0) is 0 Å². The van der Waals surface area contributed by atoms with Crippen molar-refractivity contribution in [2.45, 2.75) is 20.3 Å². The fraction of sp³-hybridized carbons (Fsp3) is 0.294. The molecule has 0 bridgehead atoms. The van der Waals surface area contributed by atoms with Gasteiger partial charge in [-0.25, -0.2) is 0 Å². The van der Waals surface area contributed by atoms with E-state index in [1.54, 1.807) is 12.4 Å². The quantitative estimate of drug-likeness (QED) is 0.864. The maximum atomic E-state index is 4.46. The predicted molar refractivity (Wildman–Crippen MR) is 84.5 cm³/mol. The molecule has 0 amide bonds. The zero-order valence-corrected chi connectivity index (χ0v) is 12.3. The summed E-state index contributed by atoms with van der Waals surface area (Å²) in [6.07, 6.45) is 4.44. The van der Waals surface area contributed by atoms with E-state index < -0.39 is 0 Å². The van der Waals surface area contributed by atoms with Crippen molar-refractivity contribution >= 4 is 11.4 Å². The second kappa shape index (κ2) is 5.95. The molecule has 1 aliphatic rings. The van der Waals surface area contributed by atoms with Gasteiger partial charge in [0, 0.05) is 24.7 Å². The summed E-state index contributed by atoms with van der Waals surface area (Å²) in [6, 6.07) is 11.8. The third kappa shape index (κ3) is 2.89. The number of hydrogen-bond donors (Lipinski definition) is 0. The Balaban J connectivity index is 1.99. The van der Waals surface area contributed by atoms with E-state index in [2.05, 4.69) is 34.0 Å². The zero-order chi connectivity index (χ0) is 14.7. The molecular formula is C17H18N4. The van der Waals surface area contributed by atoms with Gasteiger partial charge in [0.25, 0.3) is 0 Å². The first-order valence-electron chi connectivity index (χ1n) is 7.23. The van der Waals surface area contributed by atoms with Crippen LogP contribution in [0.5, 0.6) is 0 Å². The molecule has 0 spiro atoms. The summed E-state index contributed by atoms with van der Waals surface area (Å²) < 4.78 is 0. The molecule has 106 valence electrons. The second-order valence-corrected chi connectivity index (χ2v) is 5.52. The standard InChI is InChI=1S/C17H18N4/c1-12(2)13-11-16(14-7-3-5-9-18-14)20-21-17(13)15-8-4-6-10-19-15/h3-10,12-13H,11H2,1-2H3. The van der Waals surface area contributed by atoms with Crippen LogP contribution in [0.3, 0.4) is 0 Å². The second-order valence-electron chi connectivity index (χ2n) is 5.52. The summed E-state index contributed by atoms with van der Waals surface area (Å²) in [6.45, 7) is 4.43. The van der Waals surface area contributed by atoms with Gasteiger partial charge >= 0.3 is 0 Å². The molecule has 0 aromatic carbocycles. The number of pyridine rings is 2. The Morgan fingerprint density at radius 2 is 1.57 bits per heavy atom. The van der Waals surface area contributed by atoms with Crippen molar-refractivity contribution in [3.05, 3.63) is 60.2 Å². The van der Waals surface area contributed by atoms with E-state index in [1.165, 1.54) is 0 Å². The normalized spacial score (nSPS) is 18.3. The van der Waals surface area contributed by atoms with Crippen molar-refractivity contribution in [3.8, 4) is 0 Å². The van der Waals surface area contributed by atoms with Gasteiger partial charge in [-0.05, 0) is 30.2 Å². The van der Waals surface area contributed by atoms with Gasteiger partial charge in [-0.15, -0.1) is 0 Å². The average molecular weight is 278 g/mol. The first-order chi connectivity index (χ1) is 10.3. The fourth-order valence-corrected chi connectivity index (χ4v) is 2.53. The minimum absolute atomic E-state index is 0.314. The van der Waals surface area contributed by atoms with Crippen molar-refractivity contribution in [1.82, 2.24) is 9.97 Å². The monoisotopic (exact) mass is 278 g/mol. The summed E-state index contributed by atoms with van der Waals surface area (Å²) in [5.74, 6) is 0.786. The fourth-order valence-electron chi connectivity index (χ4n) is 2.53. The highest BCUT2D eigenvalue weighted by Crippen LogP contribution is 2.26. The van der Waals surface area contributed by atoms with Crippen molar-refractivity contribution in [2.24, 2.45) is 22.0 Å². The molecule has 2 aromatic heterocycles. The predicted octanol–water partition coefficient (Wildman–Crippen LogP) is 3.35. The van der Waals surface area contributed by atoms with Gasteiger partial charge in [0.05, 0.1) is 22.8 Å². The van der Waals surface area contributed by atoms with Crippen LogP contribution in [0.4, 0.5) is 0 Å². The SMILES string of the molecule is CC(C)C1CC(c2ccccn2)=NN=C1c1ccccn1. The molecular weight excluding hydrogens is 260 g/mol. The van der Waals surface area contributed by atoms with Crippen LogP contribution in [0.25, 0.3) is 0 Å². The minimum atomic E-state index is 0.314. The van der Waals surface area contributed by atoms with Gasteiger partial charge in [0.15, 0.2) is 0 Å². The van der Waals surface area contributed by atoms with Gasteiger partial charge in [0.2, 0.25) is 0 Å². The van der Waals surface area contributed by atoms with Crippen LogP contribution in [0.1, 0.15) is 31.7 Å². The highest BCUT2D eigenvalue weighted by Gasteiger charge is 2.28. The average Bonchev–Trinajstić information content (AvgIpc) is 2.56. The molecule has 2 aromatic rings. The molecule has 0 fully saturated rings. The summed E-state index contributed by atoms with van der Waals surface area (Å²) in [5.41, 5.74) is 3.76. The third-order valence-electron chi connectivity index (χ3n) is 3.74. The van der Waals surface area contributed by atoms with Crippen molar-refractivity contribution in [2.75, 3.05) is 0 Å². The topological polar surface area (TPSA) is 50.5 Å². The number of aromatic nitrogens is 2. The highest BCUT2D eigenvalue weighted by molar-refractivity contribution is 6.09. The molecule has 0 N–H and O–H groups in total. The Morgan fingerprint density at radius 1 is 0.905 bits per heavy atom. The molecule has 21 heavy (non-hydrogen) atoms. The van der Waals surface area contributed by atoms with E-state index in [0.29, 0.717) is 11.8 Å². The Morgan fingerprint density at radius 3 is 2.14 bits per heavy atom. The van der Waals surface area contributed by atoms with Crippen LogP contribution in [0.2, 0.25) is 0 Å². The zero-order valence-electron chi connectivity index (χ0n) is 12.3. The van der Waals surface area contributed by atoms with Crippen LogP contribution in [0, 0.1) is 11.8 Å². The van der Waals surface area contributed by atoms with Gasteiger partial charge < -0.3 is 0 Å². The lowest BCUT2D eigenvalue weighted by atomic mass is 9.83. The molecule has 0 aliphatic carbocycles. The molecule has 4 heteroatoms. The molecule has 0 saturated heterocycles. The lowest BCUT2D eigenvalue weighted by molar-refractivity contribution is 0.501. The largest absolute Gasteiger partial charge is 0.255 e. The minimum Gasteiger partial charge on any atom is -0.255 e. The summed E-state index contributed by atoms with van der Waals surface area (Å²) in [7, 11) is 0. The number of hydrogen-bond acceptors (Lipinski definition) is 4. The number of rotatable bonds is 3. The van der Waals surface area contributed by atoms with Gasteiger partial charge in [-0.2, -0.15) is 10.2 Å². The van der Waals surface area contributed by atoms with E-state index in [-0.39, 0.29) is 0 Å². The molecule has 3 rings (SSSR count). The van der Waals surface area contributed by atoms with Crippen molar-refractivity contribution in [1.29, 1.82) is 0 Å².